The molecule has 3 rings (SSSR count). The number of amides is 1. The molecule has 1 saturated carbocycles. The zero-order valence-electron chi connectivity index (χ0n) is 25.7. The van der Waals surface area contributed by atoms with Crippen LogP contribution < -0.4 is 10.6 Å². The monoisotopic (exact) mass is 281 g/mol. The van der Waals surface area contributed by atoms with E-state index in [0.717, 1.165) is 0 Å². The topological polar surface area (TPSA) is 41.1 Å². The number of nitrogens with one attached hydrogen (secondary N) is 2. The molecule has 1 aliphatic heterocycles. The molecular weight excluding hydrogens is 248 g/mol. The van der Waals surface area contributed by atoms with E-state index >= 15 is 0 Å². The minimum atomic E-state index is -4.10. The van der Waals surface area contributed by atoms with Gasteiger partial charge in [0.1, 0.15) is 7.43 Å². The summed E-state index contributed by atoms with van der Waals surface area (Å²) in [4.78, 5) is 13.3. The van der Waals surface area contributed by atoms with Gasteiger partial charge in [-0.1, -0.05) is 30.1 Å². The molecule has 0 aromatic heterocycles. The van der Waals surface area contributed by atoms with Crippen molar-refractivity contribution in [2.75, 3.05) is 0 Å². The molecule has 1 saturated heterocycles. The van der Waals surface area contributed by atoms with Gasteiger partial charge in [-0.15, -0.1) is 0 Å². The normalized spacial score (nSPS) is 59.7. The first-order valence-electron chi connectivity index (χ1n) is 13.2. The Morgan fingerprint density at radius 2 is 2.28 bits per heavy atom. The highest BCUT2D eigenvalue weighted by Crippen LogP contribution is 2.33. The highest BCUT2D eigenvalue weighted by Gasteiger charge is 2.44. The second-order valence-electron chi connectivity index (χ2n) is 3.36. The van der Waals surface area contributed by atoms with Gasteiger partial charge in [0.2, 0.25) is 5.91 Å². The molecular formula is C14H17ClN2O. The first kappa shape index (κ1) is 3.33. The third-order valence-electron chi connectivity index (χ3n) is 2.17. The lowest BCUT2D eigenvalue weighted by atomic mass is 9.89. The van der Waals surface area contributed by atoms with Crippen LogP contribution in [0.3, 0.4) is 0 Å². The molecule has 0 radical (unpaired) electrons. The first-order chi connectivity index (χ1) is 15.4. The quantitative estimate of drug-likeness (QED) is 0.831. The Kier molecular flexibility index (Phi) is 0.844. The fourth-order valence-electron chi connectivity index (χ4n) is 1.45. The van der Waals surface area contributed by atoms with Crippen LogP contribution in [0.1, 0.15) is 64.0 Å². The minimum Gasteiger partial charge on any atom is -0.336 e. The van der Waals surface area contributed by atoms with Gasteiger partial charge in [-0.2, -0.15) is 0 Å². The lowest BCUT2D eigenvalue weighted by molar-refractivity contribution is -0.121. The molecule has 1 aromatic rings. The molecule has 2 aliphatic rings. The SMILES string of the molecule is [2H]c1c([2H])c(Cl)c([2H])c(C2([2H])C(=O)N([2H])C3(N2[2H])C([2H])([2H])C([2H])([2H])C([2H])([2H])C([2H])([2H])C3([2H])[2H])c1[2H]. The van der Waals surface area contributed by atoms with Crippen LogP contribution in [-0.2, 0) is 4.79 Å². The summed E-state index contributed by atoms with van der Waals surface area (Å²) >= 11 is 5.82. The third-order valence-corrected chi connectivity index (χ3v) is 2.36. The number of benzene rings is 1. The Morgan fingerprint density at radius 3 is 3.06 bits per heavy atom. The van der Waals surface area contributed by atoms with Crippen molar-refractivity contribution in [3.63, 3.8) is 0 Å². The zero-order chi connectivity index (χ0) is 27.7. The number of halogens is 1. The smallest absolute Gasteiger partial charge is 0.243 e. The number of hydrogen-bond acceptors (Lipinski definition) is 2. The summed E-state index contributed by atoms with van der Waals surface area (Å²) < 4.78 is 139. The van der Waals surface area contributed by atoms with E-state index in [9.17, 15) is 4.79 Å². The predicted molar refractivity (Wildman–Crippen MR) is 71.3 cm³/mol. The number of carbonyl (C=O) groups is 1. The van der Waals surface area contributed by atoms with Crippen LogP contribution in [0.15, 0.2) is 24.2 Å². The summed E-state index contributed by atoms with van der Waals surface area (Å²) in [5, 5.41) is -2.14. The van der Waals surface area contributed by atoms with Crippen LogP contribution in [-0.4, -0.2) is 11.6 Å². The molecule has 2 N–H and O–H groups in total. The Labute approximate surface area is 136 Å². The zero-order valence-corrected chi connectivity index (χ0v) is 9.44. The van der Waals surface area contributed by atoms with E-state index in [4.69, 9.17) is 35.0 Å². The molecule has 1 atom stereocenters. The summed E-state index contributed by atoms with van der Waals surface area (Å²) in [6.07, 6.45) is -20.2. The van der Waals surface area contributed by atoms with Gasteiger partial charge in [0.25, 0.3) is 0 Å². The first-order valence-corrected chi connectivity index (χ1v) is 5.17. The average Bonchev–Trinajstić information content (AvgIpc) is 2.89. The van der Waals surface area contributed by atoms with Crippen LogP contribution in [0, 0.1) is 0 Å². The standard InChI is InChI=1S/C14H17ClN2O/c15-11-6-4-5-10(9-11)12-13(18)17-14(16-12)7-2-1-3-8-14/h4-6,9,12,16H,1-3,7-8H2,(H,17,18)/i1D2,2D2,3D2,4D,5D,6D,7D2,8D2,9D,12D/hD2. The number of carbonyl (C=O) groups excluding carboxylic acids is 1. The molecule has 1 amide bonds. The van der Waals surface area contributed by atoms with E-state index in [2.05, 4.69) is 0 Å². The van der Waals surface area contributed by atoms with E-state index in [-0.39, 0.29) is 0 Å². The largest absolute Gasteiger partial charge is 0.336 e. The van der Waals surface area contributed by atoms with Crippen molar-refractivity contribution in [1.82, 2.24) is 10.6 Å². The second-order valence-corrected chi connectivity index (χ2v) is 3.74. The molecule has 18 heavy (non-hydrogen) atoms. The summed E-state index contributed by atoms with van der Waals surface area (Å²) in [5.74, 6) is -2.02. The maximum absolute atomic E-state index is 13.3. The highest BCUT2D eigenvalue weighted by atomic mass is 35.5. The van der Waals surface area contributed by atoms with Crippen molar-refractivity contribution >= 4 is 17.5 Å². The van der Waals surface area contributed by atoms with Crippen LogP contribution in [0.4, 0.5) is 0 Å². The van der Waals surface area contributed by atoms with Crippen LogP contribution >= 0.6 is 11.6 Å². The Balaban J connectivity index is 2.53. The Bertz CT molecular complexity index is 1080. The van der Waals surface area contributed by atoms with Gasteiger partial charge in [-0.3, -0.25) is 10.1 Å². The van der Waals surface area contributed by atoms with Gasteiger partial charge in [-0.25, -0.2) is 0 Å². The highest BCUT2D eigenvalue weighted by molar-refractivity contribution is 6.30. The molecule has 4 heteroatoms. The summed E-state index contributed by atoms with van der Waals surface area (Å²) in [5.41, 5.74) is -5.22. The van der Waals surface area contributed by atoms with Gasteiger partial charge < -0.3 is 5.31 Å². The lowest BCUT2D eigenvalue weighted by Crippen LogP contribution is -2.51. The van der Waals surface area contributed by atoms with Gasteiger partial charge in [-0.05, 0) is 43.1 Å². The Hall–Kier alpha value is -1.06. The van der Waals surface area contributed by atoms with E-state index in [1.165, 1.54) is 0 Å². The van der Waals surface area contributed by atoms with Crippen molar-refractivity contribution in [2.24, 2.45) is 0 Å². The van der Waals surface area contributed by atoms with E-state index in [1.807, 2.05) is 0 Å². The third kappa shape index (κ3) is 2.13. The lowest BCUT2D eigenvalue weighted by Gasteiger charge is -2.33. The van der Waals surface area contributed by atoms with E-state index < -0.39 is 94.8 Å². The summed E-state index contributed by atoms with van der Waals surface area (Å²) in [6, 6.07) is -7.82. The maximum atomic E-state index is 13.3. The molecule has 1 aliphatic carbocycles. The van der Waals surface area contributed by atoms with Crippen molar-refractivity contribution in [1.29, 1.82) is 0 Å². The maximum Gasteiger partial charge on any atom is 0.243 e. The molecule has 1 spiro atoms. The molecule has 96 valence electrons. The number of hydrogen-bond donors (Lipinski definition) is 2. The molecule has 1 unspecified atom stereocenters. The van der Waals surface area contributed by atoms with Crippen molar-refractivity contribution < 1.29 is 28.2 Å². The van der Waals surface area contributed by atoms with Gasteiger partial charge in [0.05, 0.1) is 12.5 Å². The fourth-order valence-corrected chi connectivity index (χ4v) is 1.59. The van der Waals surface area contributed by atoms with E-state index in [0.29, 0.717) is 0 Å². The molecule has 1 heterocycles. The van der Waals surface area contributed by atoms with Crippen molar-refractivity contribution in [3.05, 3.63) is 34.8 Å². The Morgan fingerprint density at radius 1 is 1.50 bits per heavy atom. The van der Waals surface area contributed by atoms with E-state index in [1.54, 1.807) is 0 Å². The van der Waals surface area contributed by atoms with Crippen molar-refractivity contribution in [2.45, 2.75) is 43.5 Å². The van der Waals surface area contributed by atoms with Gasteiger partial charge in [0.15, 0.2) is 1.41 Å². The van der Waals surface area contributed by atoms with Crippen LogP contribution in [0.5, 0.6) is 0 Å². The van der Waals surface area contributed by atoms with Crippen molar-refractivity contribution in [3.8, 4) is 0 Å². The summed E-state index contributed by atoms with van der Waals surface area (Å²) in [7, 11) is 0. The van der Waals surface area contributed by atoms with Gasteiger partial charge >= 0.3 is 0 Å². The minimum absolute atomic E-state index is 0.606. The number of rotatable bonds is 1. The molecule has 3 nitrogen and oxygen atoms in total. The van der Waals surface area contributed by atoms with Gasteiger partial charge in [0, 0.05) is 18.7 Å². The molecule has 0 bridgehead atoms. The molecule has 1 aromatic carbocycles. The van der Waals surface area contributed by atoms with Crippen LogP contribution in [0.2, 0.25) is 7.85 Å². The average molecular weight is 282 g/mol. The predicted octanol–water partition coefficient (Wildman–Crippen LogP) is 2.76. The fraction of sp³-hybridized carbons (Fsp3) is 0.500. The molecule has 2 fully saturated rings. The van der Waals surface area contributed by atoms with Crippen LogP contribution in [0.25, 0.3) is 0 Å². The summed E-state index contributed by atoms with van der Waals surface area (Å²) in [6.45, 7) is 0. The second kappa shape index (κ2) is 4.56.